The summed E-state index contributed by atoms with van der Waals surface area (Å²) >= 11 is 16.5. The van der Waals surface area contributed by atoms with Gasteiger partial charge in [-0.25, -0.2) is 0 Å². The zero-order valence-electron chi connectivity index (χ0n) is 11.7. The van der Waals surface area contributed by atoms with Crippen molar-refractivity contribution in [3.8, 4) is 5.75 Å². The van der Waals surface area contributed by atoms with Gasteiger partial charge in [0.2, 0.25) is 5.91 Å². The van der Waals surface area contributed by atoms with Crippen molar-refractivity contribution >= 4 is 52.3 Å². The molecule has 0 fully saturated rings. The summed E-state index contributed by atoms with van der Waals surface area (Å²) in [6.45, 7) is 1.59. The van der Waals surface area contributed by atoms with Gasteiger partial charge in [-0.15, -0.1) is 0 Å². The molecule has 1 aromatic carbocycles. The van der Waals surface area contributed by atoms with Crippen molar-refractivity contribution < 1.29 is 14.3 Å². The van der Waals surface area contributed by atoms with Crippen molar-refractivity contribution in [2.24, 2.45) is 0 Å². The van der Waals surface area contributed by atoms with Gasteiger partial charge in [0.1, 0.15) is 5.75 Å². The van der Waals surface area contributed by atoms with Crippen LogP contribution >= 0.6 is 35.4 Å². The molecule has 3 N–H and O–H groups in total. The lowest BCUT2D eigenvalue weighted by Crippen LogP contribution is -2.49. The number of hydrogen-bond donors (Lipinski definition) is 3. The fraction of sp³-hybridized carbons (Fsp3) is 0.308. The fourth-order valence-electron chi connectivity index (χ4n) is 1.35. The molecule has 0 heterocycles. The van der Waals surface area contributed by atoms with E-state index in [0.29, 0.717) is 28.6 Å². The highest BCUT2D eigenvalue weighted by atomic mass is 35.5. The van der Waals surface area contributed by atoms with Gasteiger partial charge in [0.25, 0.3) is 5.91 Å². The van der Waals surface area contributed by atoms with Crippen molar-refractivity contribution in [2.45, 2.75) is 19.8 Å². The lowest BCUT2D eigenvalue weighted by molar-refractivity contribution is -0.124. The van der Waals surface area contributed by atoms with Crippen LogP contribution in [0.4, 0.5) is 0 Å². The Morgan fingerprint density at radius 3 is 2.59 bits per heavy atom. The number of carbonyl (C=O) groups is 2. The summed E-state index contributed by atoms with van der Waals surface area (Å²) in [5, 5.41) is 3.20. The lowest BCUT2D eigenvalue weighted by atomic mass is 10.3. The van der Waals surface area contributed by atoms with Crippen LogP contribution < -0.4 is 20.9 Å². The molecule has 0 aromatic heterocycles. The van der Waals surface area contributed by atoms with Crippen molar-refractivity contribution in [1.29, 1.82) is 0 Å². The second kappa shape index (κ2) is 9.45. The lowest BCUT2D eigenvalue weighted by Gasteiger charge is -2.11. The largest absolute Gasteiger partial charge is 0.482 e. The first-order chi connectivity index (χ1) is 10.4. The Kier molecular flexibility index (Phi) is 7.94. The second-order valence-electron chi connectivity index (χ2n) is 4.16. The highest BCUT2D eigenvalue weighted by molar-refractivity contribution is 7.80. The molecule has 0 saturated carbocycles. The number of halogens is 2. The van der Waals surface area contributed by atoms with E-state index in [9.17, 15) is 9.59 Å². The molecule has 0 radical (unpaired) electrons. The molecular weight excluding hydrogens is 349 g/mol. The molecule has 0 spiro atoms. The third kappa shape index (κ3) is 6.93. The Hall–Kier alpha value is -1.57. The van der Waals surface area contributed by atoms with Crippen LogP contribution in [-0.4, -0.2) is 23.5 Å². The number of thiocarbonyl (C=S) groups is 1. The van der Waals surface area contributed by atoms with E-state index in [4.69, 9.17) is 40.2 Å². The van der Waals surface area contributed by atoms with E-state index >= 15 is 0 Å². The molecular formula is C13H15Cl2N3O3S. The third-order valence-corrected chi connectivity index (χ3v) is 3.03. The normalized spacial score (nSPS) is 9.77. The van der Waals surface area contributed by atoms with Crippen LogP contribution in [0.3, 0.4) is 0 Å². The van der Waals surface area contributed by atoms with Crippen LogP contribution in [0.5, 0.6) is 5.75 Å². The van der Waals surface area contributed by atoms with E-state index in [1.54, 1.807) is 12.1 Å². The number of nitrogens with one attached hydrogen (secondary N) is 3. The van der Waals surface area contributed by atoms with E-state index < -0.39 is 5.91 Å². The minimum atomic E-state index is -0.488. The number of carbonyl (C=O) groups excluding carboxylic acids is 2. The Morgan fingerprint density at radius 1 is 1.23 bits per heavy atom. The van der Waals surface area contributed by atoms with Crippen LogP contribution in [0.1, 0.15) is 19.8 Å². The first-order valence-corrected chi connectivity index (χ1v) is 7.55. The summed E-state index contributed by atoms with van der Waals surface area (Å²) in [6.07, 6.45) is 1.06. The maximum absolute atomic E-state index is 11.6. The molecule has 0 saturated heterocycles. The number of amides is 2. The summed E-state index contributed by atoms with van der Waals surface area (Å²) in [6, 6.07) is 4.66. The Morgan fingerprint density at radius 2 is 1.95 bits per heavy atom. The van der Waals surface area contributed by atoms with Gasteiger partial charge >= 0.3 is 0 Å². The number of hydrogen-bond acceptors (Lipinski definition) is 4. The van der Waals surface area contributed by atoms with Crippen LogP contribution in [0, 0.1) is 0 Å². The molecule has 0 aliphatic rings. The third-order valence-electron chi connectivity index (χ3n) is 2.30. The van der Waals surface area contributed by atoms with Gasteiger partial charge in [-0.3, -0.25) is 20.4 Å². The molecule has 0 aliphatic carbocycles. The smallest absolute Gasteiger partial charge is 0.276 e. The van der Waals surface area contributed by atoms with Crippen LogP contribution in [0.15, 0.2) is 18.2 Å². The Balaban J connectivity index is 2.31. The molecule has 120 valence electrons. The van der Waals surface area contributed by atoms with Crippen molar-refractivity contribution in [3.05, 3.63) is 28.2 Å². The highest BCUT2D eigenvalue weighted by Crippen LogP contribution is 2.27. The van der Waals surface area contributed by atoms with E-state index in [0.717, 1.165) is 0 Å². The minimum Gasteiger partial charge on any atom is -0.482 e. The summed E-state index contributed by atoms with van der Waals surface area (Å²) in [7, 11) is 0. The van der Waals surface area contributed by atoms with Crippen molar-refractivity contribution in [1.82, 2.24) is 16.2 Å². The second-order valence-corrected chi connectivity index (χ2v) is 5.42. The number of ether oxygens (including phenoxy) is 1. The van der Waals surface area contributed by atoms with Crippen molar-refractivity contribution in [2.75, 3.05) is 6.61 Å². The molecule has 1 rings (SSSR count). The molecule has 2 amide bonds. The number of benzene rings is 1. The zero-order valence-corrected chi connectivity index (χ0v) is 14.1. The highest BCUT2D eigenvalue weighted by Gasteiger charge is 2.08. The molecule has 0 aliphatic heterocycles. The molecule has 6 nitrogen and oxygen atoms in total. The zero-order chi connectivity index (χ0) is 16.5. The average molecular weight is 364 g/mol. The number of hydrazine groups is 1. The molecule has 0 atom stereocenters. The molecule has 0 unspecified atom stereocenters. The van der Waals surface area contributed by atoms with Gasteiger partial charge in [-0.2, -0.15) is 0 Å². The van der Waals surface area contributed by atoms with E-state index in [-0.39, 0.29) is 17.6 Å². The first-order valence-electron chi connectivity index (χ1n) is 6.39. The predicted molar refractivity (Wildman–Crippen MR) is 88.9 cm³/mol. The molecule has 9 heteroatoms. The summed E-state index contributed by atoms with van der Waals surface area (Å²) in [5.41, 5.74) is 4.69. The van der Waals surface area contributed by atoms with Crippen molar-refractivity contribution in [3.63, 3.8) is 0 Å². The standard InChI is InChI=1S/C13H15Cl2N3O3S/c1-2-3-11(19)16-13(22)18-17-12(20)7-21-10-5-4-8(14)6-9(10)15/h4-6H,2-3,7H2,1H3,(H,17,20)(H2,16,18,19,22). The van der Waals surface area contributed by atoms with E-state index in [1.165, 1.54) is 6.07 Å². The SMILES string of the molecule is CCCC(=O)NC(=S)NNC(=O)COc1ccc(Cl)cc1Cl. The summed E-state index contributed by atoms with van der Waals surface area (Å²) < 4.78 is 5.23. The average Bonchev–Trinajstić information content (AvgIpc) is 2.44. The van der Waals surface area contributed by atoms with Gasteiger partial charge in [-0.1, -0.05) is 30.1 Å². The van der Waals surface area contributed by atoms with Gasteiger partial charge in [0.05, 0.1) is 5.02 Å². The quantitative estimate of drug-likeness (QED) is 0.551. The Bertz CT molecular complexity index is 569. The van der Waals surface area contributed by atoms with Gasteiger partial charge in [-0.05, 0) is 36.8 Å². The molecule has 22 heavy (non-hydrogen) atoms. The topological polar surface area (TPSA) is 79.5 Å². The van der Waals surface area contributed by atoms with Crippen LogP contribution in [0.2, 0.25) is 10.0 Å². The maximum Gasteiger partial charge on any atom is 0.276 e. The number of rotatable bonds is 5. The van der Waals surface area contributed by atoms with Gasteiger partial charge < -0.3 is 10.1 Å². The fourth-order valence-corrected chi connectivity index (χ4v) is 1.97. The predicted octanol–water partition coefficient (Wildman–Crippen LogP) is 2.19. The van der Waals surface area contributed by atoms with Gasteiger partial charge in [0, 0.05) is 11.4 Å². The van der Waals surface area contributed by atoms with Crippen LogP contribution in [-0.2, 0) is 9.59 Å². The summed E-state index contributed by atoms with van der Waals surface area (Å²) in [5.74, 6) is -0.378. The molecule has 1 aromatic rings. The molecule has 0 bridgehead atoms. The summed E-state index contributed by atoms with van der Waals surface area (Å²) in [4.78, 5) is 22.8. The van der Waals surface area contributed by atoms with Crippen LogP contribution in [0.25, 0.3) is 0 Å². The Labute approximate surface area is 143 Å². The maximum atomic E-state index is 11.6. The van der Waals surface area contributed by atoms with E-state index in [2.05, 4.69) is 16.2 Å². The first kappa shape index (κ1) is 18.5. The van der Waals surface area contributed by atoms with Gasteiger partial charge in [0.15, 0.2) is 11.7 Å². The minimum absolute atomic E-state index is 0.0105. The monoisotopic (exact) mass is 363 g/mol. The van der Waals surface area contributed by atoms with E-state index in [1.807, 2.05) is 6.92 Å².